The molecule has 2 aromatic rings. The maximum Gasteiger partial charge on any atom is 0.534 e. The molecule has 15 heteroatoms. The molecule has 2 aromatic carbocycles. The van der Waals surface area contributed by atoms with Gasteiger partial charge in [-0.15, -0.1) is 0 Å². The molecule has 0 saturated carbocycles. The summed E-state index contributed by atoms with van der Waals surface area (Å²) < 4.78 is 128. The average Bonchev–Trinajstić information content (AvgIpc) is 2.91. The van der Waals surface area contributed by atoms with Crippen molar-refractivity contribution in [3.8, 4) is 5.75 Å². The van der Waals surface area contributed by atoms with Crippen LogP contribution >= 0.6 is 0 Å². The van der Waals surface area contributed by atoms with Crippen LogP contribution in [0.15, 0.2) is 42.5 Å². The van der Waals surface area contributed by atoms with Crippen LogP contribution in [0.4, 0.5) is 40.8 Å². The van der Waals surface area contributed by atoms with Crippen molar-refractivity contribution in [3.05, 3.63) is 59.2 Å². The second-order valence-corrected chi connectivity index (χ2v) is 7.76. The van der Waals surface area contributed by atoms with Crippen molar-refractivity contribution in [2.45, 2.75) is 17.6 Å². The third kappa shape index (κ3) is 3.65. The van der Waals surface area contributed by atoms with E-state index in [9.17, 15) is 53.1 Å². The summed E-state index contributed by atoms with van der Waals surface area (Å²) in [4.78, 5) is 25.4. The third-order valence-corrected chi connectivity index (χ3v) is 5.17. The van der Waals surface area contributed by atoms with Gasteiger partial charge in [-0.25, -0.2) is 4.90 Å². The van der Waals surface area contributed by atoms with Gasteiger partial charge in [-0.1, -0.05) is 18.2 Å². The molecule has 172 valence electrons. The molecule has 0 atom stereocenters. The number of amides is 2. The fourth-order valence-corrected chi connectivity index (χ4v) is 3.18. The first kappa shape index (κ1) is 23.4. The highest BCUT2D eigenvalue weighted by Crippen LogP contribution is 2.44. The number of fused-ring (bicyclic) bond motifs is 1. The summed E-state index contributed by atoms with van der Waals surface area (Å²) in [6.07, 6.45) is -5.92. The minimum absolute atomic E-state index is 0.257. The van der Waals surface area contributed by atoms with E-state index in [4.69, 9.17) is 0 Å². The molecule has 0 bridgehead atoms. The van der Waals surface area contributed by atoms with E-state index < -0.39 is 67.7 Å². The summed E-state index contributed by atoms with van der Waals surface area (Å²) in [6.45, 7) is 0. The van der Waals surface area contributed by atoms with E-state index >= 15 is 0 Å². The molecule has 0 spiro atoms. The van der Waals surface area contributed by atoms with Gasteiger partial charge in [0.25, 0.3) is 11.8 Å². The topological polar surface area (TPSA) is 80.8 Å². The summed E-state index contributed by atoms with van der Waals surface area (Å²) in [7, 11) is -6.20. The maximum absolute atomic E-state index is 13.4. The molecule has 0 aromatic heterocycles. The van der Waals surface area contributed by atoms with Crippen molar-refractivity contribution < 1.29 is 57.3 Å². The van der Waals surface area contributed by atoms with Gasteiger partial charge in [-0.05, 0) is 24.3 Å². The number of hydrogen-bond acceptors (Lipinski definition) is 5. The zero-order valence-electron chi connectivity index (χ0n) is 15.0. The fourth-order valence-electron chi connectivity index (χ4n) is 2.71. The van der Waals surface area contributed by atoms with Crippen LogP contribution < -0.4 is 9.08 Å². The monoisotopic (exact) mass is 489 g/mol. The van der Waals surface area contributed by atoms with Gasteiger partial charge in [0.1, 0.15) is 0 Å². The van der Waals surface area contributed by atoms with Crippen molar-refractivity contribution in [2.75, 3.05) is 4.90 Å². The van der Waals surface area contributed by atoms with Gasteiger partial charge in [-0.2, -0.15) is 43.5 Å². The summed E-state index contributed by atoms with van der Waals surface area (Å²) >= 11 is 0. The number of anilines is 1. The van der Waals surface area contributed by atoms with E-state index in [1.165, 1.54) is 0 Å². The van der Waals surface area contributed by atoms with Gasteiger partial charge < -0.3 is 4.18 Å². The SMILES string of the molecule is O=C1c2cccc(OS(=O)(=O)C(F)(F)F)c2C(=O)N1c1ccc(C(F)(F)C(F)(F)F)cc1. The molecule has 0 saturated heterocycles. The minimum atomic E-state index is -6.20. The minimum Gasteiger partial charge on any atom is -0.375 e. The van der Waals surface area contributed by atoms with Gasteiger partial charge in [0.05, 0.1) is 16.8 Å². The zero-order valence-corrected chi connectivity index (χ0v) is 15.8. The number of carbonyl (C=O) groups excluding carboxylic acids is 2. The Hall–Kier alpha value is -3.23. The number of alkyl halides is 8. The smallest absolute Gasteiger partial charge is 0.375 e. The standard InChI is InChI=1S/C17H7F8NO5S/c18-15(19,16(20,21)22)8-4-6-9(7-5-8)26-13(27)10-2-1-3-11(12(10)14(26)28)31-32(29,30)17(23,24)25/h1-7H. The molecule has 2 amide bonds. The molecule has 0 N–H and O–H groups in total. The Bertz CT molecular complexity index is 1200. The summed E-state index contributed by atoms with van der Waals surface area (Å²) in [6, 6.07) is 4.32. The third-order valence-electron chi connectivity index (χ3n) is 4.20. The van der Waals surface area contributed by atoms with Gasteiger partial charge in [-0.3, -0.25) is 9.59 Å². The number of hydrogen-bond donors (Lipinski definition) is 0. The van der Waals surface area contributed by atoms with Crippen LogP contribution in [-0.2, 0) is 16.0 Å². The second kappa shape index (κ2) is 7.15. The van der Waals surface area contributed by atoms with E-state index in [2.05, 4.69) is 4.18 Å². The Labute approximate surface area is 173 Å². The van der Waals surface area contributed by atoms with Crippen molar-refractivity contribution >= 4 is 27.6 Å². The number of carbonyl (C=O) groups is 2. The van der Waals surface area contributed by atoms with Crippen LogP contribution in [-0.4, -0.2) is 31.9 Å². The normalized spacial score (nSPS) is 15.2. The van der Waals surface area contributed by atoms with E-state index in [1.54, 1.807) is 0 Å². The molecule has 1 heterocycles. The first-order valence-corrected chi connectivity index (χ1v) is 9.47. The lowest BCUT2D eigenvalue weighted by atomic mass is 10.1. The Balaban J connectivity index is 2.00. The zero-order chi connectivity index (χ0) is 24.3. The Morgan fingerprint density at radius 3 is 1.84 bits per heavy atom. The molecule has 0 aliphatic carbocycles. The summed E-state index contributed by atoms with van der Waals surface area (Å²) in [5, 5.41) is 0. The van der Waals surface area contributed by atoms with Gasteiger partial charge in [0.15, 0.2) is 5.75 Å². The lowest BCUT2D eigenvalue weighted by Gasteiger charge is -2.21. The molecule has 3 rings (SSSR count). The van der Waals surface area contributed by atoms with Crippen LogP contribution in [0.25, 0.3) is 0 Å². The van der Waals surface area contributed by atoms with Crippen LogP contribution in [0.5, 0.6) is 5.75 Å². The Morgan fingerprint density at radius 1 is 0.781 bits per heavy atom. The average molecular weight is 489 g/mol. The molecule has 6 nitrogen and oxygen atoms in total. The molecule has 1 aliphatic rings. The van der Waals surface area contributed by atoms with E-state index in [0.29, 0.717) is 30.3 Å². The van der Waals surface area contributed by atoms with E-state index in [1.807, 2.05) is 0 Å². The lowest BCUT2D eigenvalue weighted by Crippen LogP contribution is -2.34. The Kier molecular flexibility index (Phi) is 5.23. The molecule has 32 heavy (non-hydrogen) atoms. The maximum atomic E-state index is 13.4. The predicted octanol–water partition coefficient (Wildman–Crippen LogP) is 4.37. The fraction of sp³-hybridized carbons (Fsp3) is 0.176. The number of imide groups is 1. The van der Waals surface area contributed by atoms with Crippen LogP contribution in [0, 0.1) is 0 Å². The predicted molar refractivity (Wildman–Crippen MR) is 89.6 cm³/mol. The molecular weight excluding hydrogens is 482 g/mol. The largest absolute Gasteiger partial charge is 0.534 e. The number of rotatable bonds is 4. The van der Waals surface area contributed by atoms with Crippen molar-refractivity contribution in [1.82, 2.24) is 0 Å². The lowest BCUT2D eigenvalue weighted by molar-refractivity contribution is -0.289. The summed E-state index contributed by atoms with van der Waals surface area (Å²) in [5.41, 5.74) is -9.28. The molecule has 0 unspecified atom stereocenters. The quantitative estimate of drug-likeness (QED) is 0.276. The molecule has 1 aliphatic heterocycles. The highest BCUT2D eigenvalue weighted by atomic mass is 32.2. The molecule has 0 radical (unpaired) electrons. The molecular formula is C17H7F8NO5S. The second-order valence-electron chi connectivity index (χ2n) is 6.23. The number of nitrogens with zero attached hydrogens (tertiary/aromatic N) is 1. The first-order valence-electron chi connectivity index (χ1n) is 8.06. The van der Waals surface area contributed by atoms with E-state index in [0.717, 1.165) is 12.1 Å². The van der Waals surface area contributed by atoms with Gasteiger partial charge in [0.2, 0.25) is 0 Å². The van der Waals surface area contributed by atoms with Gasteiger partial charge >= 0.3 is 27.7 Å². The van der Waals surface area contributed by atoms with Crippen molar-refractivity contribution in [2.24, 2.45) is 0 Å². The van der Waals surface area contributed by atoms with Crippen molar-refractivity contribution in [1.29, 1.82) is 0 Å². The van der Waals surface area contributed by atoms with Crippen molar-refractivity contribution in [3.63, 3.8) is 0 Å². The number of halogens is 8. The Morgan fingerprint density at radius 2 is 1.34 bits per heavy atom. The highest BCUT2D eigenvalue weighted by Gasteiger charge is 2.58. The molecule has 0 fully saturated rings. The van der Waals surface area contributed by atoms with Crippen LogP contribution in [0.2, 0.25) is 0 Å². The first-order chi connectivity index (χ1) is 14.5. The number of benzene rings is 2. The van der Waals surface area contributed by atoms with E-state index in [-0.39, 0.29) is 4.90 Å². The van der Waals surface area contributed by atoms with Gasteiger partial charge in [0, 0.05) is 5.56 Å². The van der Waals surface area contributed by atoms with Crippen LogP contribution in [0.3, 0.4) is 0 Å². The summed E-state index contributed by atoms with van der Waals surface area (Å²) in [5.74, 6) is -8.94. The van der Waals surface area contributed by atoms with Crippen LogP contribution in [0.1, 0.15) is 26.3 Å². The highest BCUT2D eigenvalue weighted by molar-refractivity contribution is 7.88.